The SMILES string of the molecule is Cc1ccc(NC(=O)CSc2nc3ccncc3[nH]2)c(C)c1. The third-order valence-electron chi connectivity index (χ3n) is 3.26. The number of aryl methyl sites for hydroxylation is 2. The summed E-state index contributed by atoms with van der Waals surface area (Å²) in [5.74, 6) is 0.260. The number of nitrogens with one attached hydrogen (secondary N) is 2. The number of hydrogen-bond acceptors (Lipinski definition) is 4. The fourth-order valence-electron chi connectivity index (χ4n) is 2.18. The fraction of sp³-hybridized carbons (Fsp3) is 0.188. The van der Waals surface area contributed by atoms with Crippen LogP contribution in [0.4, 0.5) is 5.69 Å². The van der Waals surface area contributed by atoms with Gasteiger partial charge in [-0.25, -0.2) is 4.98 Å². The molecule has 1 amide bonds. The molecule has 0 unspecified atom stereocenters. The Bertz CT molecular complexity index is 795. The number of anilines is 1. The van der Waals surface area contributed by atoms with Crippen LogP contribution in [0.1, 0.15) is 11.1 Å². The van der Waals surface area contributed by atoms with Gasteiger partial charge in [0.25, 0.3) is 0 Å². The van der Waals surface area contributed by atoms with Crippen LogP contribution in [0.2, 0.25) is 0 Å². The Labute approximate surface area is 132 Å². The molecule has 0 aliphatic rings. The third kappa shape index (κ3) is 3.28. The highest BCUT2D eigenvalue weighted by Crippen LogP contribution is 2.20. The number of aromatic nitrogens is 3. The molecule has 5 nitrogen and oxygen atoms in total. The molecule has 0 saturated carbocycles. The molecule has 1 aromatic carbocycles. The van der Waals surface area contributed by atoms with Crippen molar-refractivity contribution in [3.8, 4) is 0 Å². The number of imidazole rings is 1. The summed E-state index contributed by atoms with van der Waals surface area (Å²) in [6.07, 6.45) is 3.42. The van der Waals surface area contributed by atoms with Crippen LogP contribution in [0.25, 0.3) is 11.0 Å². The first-order valence-electron chi connectivity index (χ1n) is 6.91. The average molecular weight is 312 g/mol. The van der Waals surface area contributed by atoms with Crippen LogP contribution >= 0.6 is 11.8 Å². The number of thioether (sulfide) groups is 1. The molecule has 0 atom stereocenters. The molecule has 2 heterocycles. The molecule has 112 valence electrons. The fourth-order valence-corrected chi connectivity index (χ4v) is 2.86. The Hall–Kier alpha value is -2.34. The highest BCUT2D eigenvalue weighted by atomic mass is 32.2. The van der Waals surface area contributed by atoms with Gasteiger partial charge in [0, 0.05) is 11.9 Å². The van der Waals surface area contributed by atoms with Crippen molar-refractivity contribution in [3.05, 3.63) is 47.8 Å². The number of amides is 1. The van der Waals surface area contributed by atoms with Gasteiger partial charge in [-0.1, -0.05) is 29.5 Å². The van der Waals surface area contributed by atoms with Crippen molar-refractivity contribution in [2.45, 2.75) is 19.0 Å². The third-order valence-corrected chi connectivity index (χ3v) is 4.13. The lowest BCUT2D eigenvalue weighted by Gasteiger charge is -2.08. The molecule has 2 N–H and O–H groups in total. The van der Waals surface area contributed by atoms with E-state index in [1.165, 1.54) is 17.3 Å². The Kier molecular flexibility index (Phi) is 4.11. The van der Waals surface area contributed by atoms with E-state index in [0.717, 1.165) is 27.4 Å². The number of fused-ring (bicyclic) bond motifs is 1. The van der Waals surface area contributed by atoms with Crippen molar-refractivity contribution in [1.82, 2.24) is 15.0 Å². The van der Waals surface area contributed by atoms with Crippen LogP contribution < -0.4 is 5.32 Å². The van der Waals surface area contributed by atoms with E-state index in [4.69, 9.17) is 0 Å². The topological polar surface area (TPSA) is 70.7 Å². The van der Waals surface area contributed by atoms with Crippen molar-refractivity contribution < 1.29 is 4.79 Å². The van der Waals surface area contributed by atoms with E-state index >= 15 is 0 Å². The minimum Gasteiger partial charge on any atom is -0.332 e. The normalized spacial score (nSPS) is 10.8. The van der Waals surface area contributed by atoms with Crippen molar-refractivity contribution in [1.29, 1.82) is 0 Å². The van der Waals surface area contributed by atoms with Gasteiger partial charge in [0.05, 0.1) is 23.0 Å². The minimum atomic E-state index is -0.0458. The van der Waals surface area contributed by atoms with Crippen LogP contribution in [0.5, 0.6) is 0 Å². The molecule has 0 aliphatic carbocycles. The molecular formula is C16H16N4OS. The van der Waals surface area contributed by atoms with Crippen molar-refractivity contribution in [2.75, 3.05) is 11.1 Å². The van der Waals surface area contributed by atoms with E-state index in [-0.39, 0.29) is 5.91 Å². The van der Waals surface area contributed by atoms with Gasteiger partial charge in [-0.05, 0) is 31.5 Å². The summed E-state index contributed by atoms with van der Waals surface area (Å²) in [7, 11) is 0. The number of pyridine rings is 1. The lowest BCUT2D eigenvalue weighted by atomic mass is 10.1. The summed E-state index contributed by atoms with van der Waals surface area (Å²) in [6.45, 7) is 4.02. The van der Waals surface area contributed by atoms with Crippen LogP contribution in [-0.2, 0) is 4.79 Å². The quantitative estimate of drug-likeness (QED) is 0.725. The molecule has 0 saturated heterocycles. The smallest absolute Gasteiger partial charge is 0.234 e. The predicted octanol–water partition coefficient (Wildman–Crippen LogP) is 3.31. The van der Waals surface area contributed by atoms with Crippen LogP contribution in [0.3, 0.4) is 0 Å². The molecular weight excluding hydrogens is 296 g/mol. The Morgan fingerprint density at radius 1 is 1.32 bits per heavy atom. The molecule has 3 aromatic rings. The van der Waals surface area contributed by atoms with E-state index in [1.54, 1.807) is 12.4 Å². The summed E-state index contributed by atoms with van der Waals surface area (Å²) < 4.78 is 0. The molecule has 2 aromatic heterocycles. The predicted molar refractivity (Wildman–Crippen MR) is 89.2 cm³/mol. The molecule has 0 aliphatic heterocycles. The van der Waals surface area contributed by atoms with Gasteiger partial charge in [-0.2, -0.15) is 0 Å². The summed E-state index contributed by atoms with van der Waals surface area (Å²) in [5.41, 5.74) is 4.83. The van der Waals surface area contributed by atoms with Gasteiger partial charge in [0.15, 0.2) is 5.16 Å². The Morgan fingerprint density at radius 3 is 2.95 bits per heavy atom. The van der Waals surface area contributed by atoms with E-state index in [9.17, 15) is 4.79 Å². The van der Waals surface area contributed by atoms with E-state index < -0.39 is 0 Å². The van der Waals surface area contributed by atoms with Gasteiger partial charge in [0.1, 0.15) is 0 Å². The highest BCUT2D eigenvalue weighted by Gasteiger charge is 2.08. The van der Waals surface area contributed by atoms with Gasteiger partial charge >= 0.3 is 0 Å². The second-order valence-electron chi connectivity index (χ2n) is 5.09. The largest absolute Gasteiger partial charge is 0.332 e. The molecule has 0 radical (unpaired) electrons. The zero-order valence-electron chi connectivity index (χ0n) is 12.4. The Morgan fingerprint density at radius 2 is 2.18 bits per heavy atom. The number of nitrogens with zero attached hydrogens (tertiary/aromatic N) is 2. The number of benzene rings is 1. The highest BCUT2D eigenvalue weighted by molar-refractivity contribution is 7.99. The molecule has 6 heteroatoms. The van der Waals surface area contributed by atoms with Crippen LogP contribution in [0, 0.1) is 13.8 Å². The zero-order valence-corrected chi connectivity index (χ0v) is 13.2. The first kappa shape index (κ1) is 14.6. The Balaban J connectivity index is 1.62. The summed E-state index contributed by atoms with van der Waals surface area (Å²) >= 11 is 1.38. The number of hydrogen-bond donors (Lipinski definition) is 2. The zero-order chi connectivity index (χ0) is 15.5. The maximum absolute atomic E-state index is 12.1. The molecule has 0 spiro atoms. The molecule has 0 bridgehead atoms. The first-order valence-corrected chi connectivity index (χ1v) is 7.90. The van der Waals surface area contributed by atoms with E-state index in [2.05, 4.69) is 26.3 Å². The molecule has 22 heavy (non-hydrogen) atoms. The van der Waals surface area contributed by atoms with Crippen molar-refractivity contribution in [3.63, 3.8) is 0 Å². The standard InChI is InChI=1S/C16H16N4OS/c1-10-3-4-12(11(2)7-10)18-15(21)9-22-16-19-13-5-6-17-8-14(13)20-16/h3-8H,9H2,1-2H3,(H,18,21)(H,19,20). The van der Waals surface area contributed by atoms with Crippen molar-refractivity contribution >= 4 is 34.4 Å². The number of carbonyl (C=O) groups excluding carboxylic acids is 1. The maximum Gasteiger partial charge on any atom is 0.234 e. The second-order valence-corrected chi connectivity index (χ2v) is 6.05. The number of rotatable bonds is 4. The van der Waals surface area contributed by atoms with E-state index in [1.807, 2.05) is 32.0 Å². The second kappa shape index (κ2) is 6.19. The first-order chi connectivity index (χ1) is 10.6. The van der Waals surface area contributed by atoms with Crippen LogP contribution in [-0.4, -0.2) is 26.6 Å². The van der Waals surface area contributed by atoms with Gasteiger partial charge < -0.3 is 10.3 Å². The minimum absolute atomic E-state index is 0.0458. The number of H-pyrrole nitrogens is 1. The van der Waals surface area contributed by atoms with Gasteiger partial charge in [0.2, 0.25) is 5.91 Å². The van der Waals surface area contributed by atoms with E-state index in [0.29, 0.717) is 5.75 Å². The summed E-state index contributed by atoms with van der Waals surface area (Å²) in [4.78, 5) is 23.6. The monoisotopic (exact) mass is 312 g/mol. The van der Waals surface area contributed by atoms with Gasteiger partial charge in [-0.15, -0.1) is 0 Å². The maximum atomic E-state index is 12.1. The lowest BCUT2D eigenvalue weighted by Crippen LogP contribution is -2.14. The van der Waals surface area contributed by atoms with Gasteiger partial charge in [-0.3, -0.25) is 9.78 Å². The average Bonchev–Trinajstić information content (AvgIpc) is 2.91. The lowest BCUT2D eigenvalue weighted by molar-refractivity contribution is -0.113. The summed E-state index contributed by atoms with van der Waals surface area (Å²) in [5, 5.41) is 3.65. The number of aromatic amines is 1. The molecule has 3 rings (SSSR count). The summed E-state index contributed by atoms with van der Waals surface area (Å²) in [6, 6.07) is 7.81. The number of carbonyl (C=O) groups is 1. The molecule has 0 fully saturated rings. The van der Waals surface area contributed by atoms with Crippen molar-refractivity contribution in [2.24, 2.45) is 0 Å². The van der Waals surface area contributed by atoms with Crippen LogP contribution in [0.15, 0.2) is 41.8 Å².